The predicted molar refractivity (Wildman–Crippen MR) is 71.6 cm³/mol. The molecular weight excluding hydrogens is 222 g/mol. The van der Waals surface area contributed by atoms with Crippen molar-refractivity contribution < 1.29 is 4.79 Å². The molecule has 0 aliphatic heterocycles. The first-order valence-electron chi connectivity index (χ1n) is 6.79. The zero-order chi connectivity index (χ0) is 13.5. The van der Waals surface area contributed by atoms with Crippen molar-refractivity contribution in [2.24, 2.45) is 23.2 Å². The molecule has 0 heterocycles. The number of hydrogen-bond donors (Lipinski definition) is 0. The smallest absolute Gasteiger partial charge is 0.181 e. The van der Waals surface area contributed by atoms with Gasteiger partial charge in [0.2, 0.25) is 0 Å². The molecule has 0 N–H and O–H groups in total. The Kier molecular flexibility index (Phi) is 3.19. The van der Waals surface area contributed by atoms with Crippen LogP contribution >= 0.6 is 0 Å². The second kappa shape index (κ2) is 4.39. The molecule has 0 unspecified atom stereocenters. The van der Waals surface area contributed by atoms with Crippen molar-refractivity contribution >= 4 is 5.78 Å². The lowest BCUT2D eigenvalue weighted by atomic mass is 9.55. The summed E-state index contributed by atoms with van der Waals surface area (Å²) in [7, 11) is 0. The van der Waals surface area contributed by atoms with Crippen LogP contribution in [-0.2, 0) is 4.79 Å². The van der Waals surface area contributed by atoms with Crippen molar-refractivity contribution in [3.63, 3.8) is 0 Å². The van der Waals surface area contributed by atoms with Crippen LogP contribution in [0.5, 0.6) is 0 Å². The van der Waals surface area contributed by atoms with E-state index in [0.717, 1.165) is 24.0 Å². The Balaban J connectivity index is 2.59. The molecule has 1 fully saturated rings. The molecule has 0 bridgehead atoms. The molecule has 0 saturated heterocycles. The van der Waals surface area contributed by atoms with Crippen molar-refractivity contribution in [2.45, 2.75) is 40.5 Å². The van der Waals surface area contributed by atoms with Gasteiger partial charge >= 0.3 is 0 Å². The van der Waals surface area contributed by atoms with Gasteiger partial charge in [0.15, 0.2) is 5.78 Å². The van der Waals surface area contributed by atoms with Crippen molar-refractivity contribution in [1.82, 2.24) is 0 Å². The van der Waals surface area contributed by atoms with Crippen molar-refractivity contribution in [3.8, 4) is 6.07 Å². The van der Waals surface area contributed by atoms with Gasteiger partial charge in [0, 0.05) is 0 Å². The lowest BCUT2D eigenvalue weighted by Crippen LogP contribution is -2.41. The highest BCUT2D eigenvalue weighted by Crippen LogP contribution is 2.53. The second-order valence-corrected chi connectivity index (χ2v) is 6.10. The molecule has 1 saturated carbocycles. The first-order chi connectivity index (χ1) is 8.42. The van der Waals surface area contributed by atoms with Crippen LogP contribution in [0.2, 0.25) is 0 Å². The van der Waals surface area contributed by atoms with Gasteiger partial charge in [-0.15, -0.1) is 0 Å². The lowest BCUT2D eigenvalue weighted by molar-refractivity contribution is -0.111. The second-order valence-electron chi connectivity index (χ2n) is 6.10. The first-order valence-corrected chi connectivity index (χ1v) is 6.79. The van der Waals surface area contributed by atoms with E-state index in [0.29, 0.717) is 17.8 Å². The molecule has 0 radical (unpaired) electrons. The molecule has 2 rings (SSSR count). The van der Waals surface area contributed by atoms with E-state index >= 15 is 0 Å². The summed E-state index contributed by atoms with van der Waals surface area (Å²) in [5.74, 6) is 1.20. The maximum atomic E-state index is 11.9. The van der Waals surface area contributed by atoms with Crippen molar-refractivity contribution in [1.29, 1.82) is 5.26 Å². The fourth-order valence-electron chi connectivity index (χ4n) is 3.59. The fraction of sp³-hybridized carbons (Fsp3) is 0.625. The van der Waals surface area contributed by atoms with E-state index in [2.05, 4.69) is 26.8 Å². The third kappa shape index (κ3) is 1.73. The Morgan fingerprint density at radius 1 is 1.44 bits per heavy atom. The van der Waals surface area contributed by atoms with Crippen LogP contribution in [0.3, 0.4) is 0 Å². The average molecular weight is 243 g/mol. The van der Waals surface area contributed by atoms with E-state index in [4.69, 9.17) is 0 Å². The van der Waals surface area contributed by atoms with Crippen LogP contribution < -0.4 is 0 Å². The fourth-order valence-corrected chi connectivity index (χ4v) is 3.59. The highest BCUT2D eigenvalue weighted by Gasteiger charge is 2.48. The largest absolute Gasteiger partial charge is 0.290 e. The molecule has 18 heavy (non-hydrogen) atoms. The van der Waals surface area contributed by atoms with E-state index in [-0.39, 0.29) is 5.78 Å². The van der Waals surface area contributed by atoms with Crippen LogP contribution in [0, 0.1) is 34.5 Å². The van der Waals surface area contributed by atoms with Gasteiger partial charge in [0.25, 0.3) is 0 Å². The molecule has 2 aliphatic carbocycles. The normalized spacial score (nSPS) is 35.7. The van der Waals surface area contributed by atoms with Gasteiger partial charge in [-0.25, -0.2) is 0 Å². The van der Waals surface area contributed by atoms with E-state index in [9.17, 15) is 10.1 Å². The van der Waals surface area contributed by atoms with Gasteiger partial charge in [-0.2, -0.15) is 5.26 Å². The Bertz CT molecular complexity index is 478. The number of rotatable bonds is 1. The number of fused-ring (bicyclic) bond motifs is 1. The summed E-state index contributed by atoms with van der Waals surface area (Å²) in [6.45, 7) is 8.32. The maximum absolute atomic E-state index is 11.9. The van der Waals surface area contributed by atoms with E-state index < -0.39 is 5.41 Å². The Hall–Kier alpha value is -1.36. The van der Waals surface area contributed by atoms with Gasteiger partial charge in [-0.05, 0) is 54.7 Å². The van der Waals surface area contributed by atoms with Gasteiger partial charge in [-0.3, -0.25) is 4.79 Å². The standard InChI is InChI=1S/C16H21NO/c1-10(2)13-6-5-11(3)14-7-15(18)12(4)8-16(13,14)9-17/h7-8,10-11,13H,5-6H2,1-4H3/t11-,13+,16-/m1/s1. The molecule has 2 aliphatic rings. The Morgan fingerprint density at radius 2 is 2.11 bits per heavy atom. The van der Waals surface area contributed by atoms with E-state index in [1.807, 2.05) is 13.0 Å². The van der Waals surface area contributed by atoms with Gasteiger partial charge in [-0.1, -0.05) is 26.8 Å². The molecule has 96 valence electrons. The number of allylic oxidation sites excluding steroid dienone is 4. The summed E-state index contributed by atoms with van der Waals surface area (Å²) < 4.78 is 0. The summed E-state index contributed by atoms with van der Waals surface area (Å²) in [5, 5.41) is 9.77. The number of ketones is 1. The van der Waals surface area contributed by atoms with Crippen LogP contribution in [0.25, 0.3) is 0 Å². The minimum absolute atomic E-state index is 0.0760. The molecule has 0 spiro atoms. The summed E-state index contributed by atoms with van der Waals surface area (Å²) >= 11 is 0. The zero-order valence-corrected chi connectivity index (χ0v) is 11.7. The maximum Gasteiger partial charge on any atom is 0.181 e. The Labute approximate surface area is 109 Å². The minimum Gasteiger partial charge on any atom is -0.290 e. The first kappa shape index (κ1) is 13.1. The number of hydrogen-bond acceptors (Lipinski definition) is 2. The quantitative estimate of drug-likeness (QED) is 0.705. The number of nitriles is 1. The van der Waals surface area contributed by atoms with E-state index in [1.54, 1.807) is 6.08 Å². The van der Waals surface area contributed by atoms with Crippen LogP contribution in [0.1, 0.15) is 40.5 Å². The van der Waals surface area contributed by atoms with Gasteiger partial charge in [0.05, 0.1) is 6.07 Å². The van der Waals surface area contributed by atoms with Crippen LogP contribution in [0.15, 0.2) is 23.3 Å². The molecule has 0 amide bonds. The average Bonchev–Trinajstić information content (AvgIpc) is 2.31. The van der Waals surface area contributed by atoms with Crippen LogP contribution in [0.4, 0.5) is 0 Å². The molecule has 0 aromatic rings. The van der Waals surface area contributed by atoms with Gasteiger partial charge in [0.1, 0.15) is 5.41 Å². The third-order valence-corrected chi connectivity index (χ3v) is 4.61. The predicted octanol–water partition coefficient (Wildman–Crippen LogP) is 3.65. The summed E-state index contributed by atoms with van der Waals surface area (Å²) in [4.78, 5) is 11.9. The summed E-state index contributed by atoms with van der Waals surface area (Å²) in [6, 6.07) is 2.54. The lowest BCUT2D eigenvalue weighted by Gasteiger charge is -2.45. The van der Waals surface area contributed by atoms with Crippen molar-refractivity contribution in [3.05, 3.63) is 23.3 Å². The summed E-state index contributed by atoms with van der Waals surface area (Å²) in [5.41, 5.74) is 1.23. The number of nitrogens with zero attached hydrogens (tertiary/aromatic N) is 1. The highest BCUT2D eigenvalue weighted by atomic mass is 16.1. The van der Waals surface area contributed by atoms with E-state index in [1.165, 1.54) is 0 Å². The monoisotopic (exact) mass is 243 g/mol. The summed E-state index contributed by atoms with van der Waals surface area (Å²) in [6.07, 6.45) is 5.82. The molecular formula is C16H21NO. The molecule has 2 nitrogen and oxygen atoms in total. The SMILES string of the molecule is CC1=C[C@]2(C#N)C(=CC1=O)[C@H](C)CC[C@H]2C(C)C. The molecule has 2 heteroatoms. The van der Waals surface area contributed by atoms with Crippen molar-refractivity contribution in [2.75, 3.05) is 0 Å². The molecule has 0 aromatic heterocycles. The highest BCUT2D eigenvalue weighted by molar-refractivity contribution is 6.05. The van der Waals surface area contributed by atoms with Gasteiger partial charge < -0.3 is 0 Å². The number of carbonyl (C=O) groups is 1. The third-order valence-electron chi connectivity index (χ3n) is 4.61. The topological polar surface area (TPSA) is 40.9 Å². The Morgan fingerprint density at radius 3 is 2.67 bits per heavy atom. The zero-order valence-electron chi connectivity index (χ0n) is 11.7. The number of carbonyl (C=O) groups excluding carboxylic acids is 1. The minimum atomic E-state index is -0.538. The van der Waals surface area contributed by atoms with Crippen LogP contribution in [-0.4, -0.2) is 5.78 Å². The molecule has 3 atom stereocenters. The molecule has 0 aromatic carbocycles.